The molecule has 1 aromatic rings. The number of hydrogen-bond acceptors (Lipinski definition) is 4. The van der Waals surface area contributed by atoms with Crippen molar-refractivity contribution < 1.29 is 9.53 Å². The van der Waals surface area contributed by atoms with Gasteiger partial charge >= 0.3 is 0 Å². The molecule has 0 aliphatic rings. The van der Waals surface area contributed by atoms with Crippen LogP contribution in [0.5, 0.6) is 0 Å². The molecule has 0 saturated carbocycles. The molecule has 0 aliphatic carbocycles. The number of ether oxygens (including phenoxy) is 1. The van der Waals surface area contributed by atoms with Crippen molar-refractivity contribution in [2.75, 3.05) is 5.73 Å². The predicted molar refractivity (Wildman–Crippen MR) is 44.8 cm³/mol. The van der Waals surface area contributed by atoms with Crippen LogP contribution in [-0.4, -0.2) is 11.5 Å². The summed E-state index contributed by atoms with van der Waals surface area (Å²) in [7, 11) is 0. The van der Waals surface area contributed by atoms with Gasteiger partial charge in [0.15, 0.2) is 0 Å². The summed E-state index contributed by atoms with van der Waals surface area (Å²) in [6, 6.07) is 3.44. The predicted octanol–water partition coefficient (Wildman–Crippen LogP) is 0.807. The number of pyridine rings is 1. The highest BCUT2D eigenvalue weighted by molar-refractivity contribution is 5.50. The zero-order chi connectivity index (χ0) is 8.81. The average molecular weight is 164 g/mol. The monoisotopic (exact) mass is 164 g/mol. The molecule has 0 unspecified atom stereocenters. The first-order valence-corrected chi connectivity index (χ1v) is 3.30. The van der Waals surface area contributed by atoms with E-state index in [1.807, 2.05) is 0 Å². The van der Waals surface area contributed by atoms with Crippen molar-refractivity contribution in [3.63, 3.8) is 0 Å². The Hall–Kier alpha value is -1.84. The molecule has 2 N–H and O–H groups in total. The van der Waals surface area contributed by atoms with Crippen LogP contribution in [0.4, 0.5) is 5.82 Å². The topological polar surface area (TPSA) is 65.2 Å². The molecular weight excluding hydrogens is 156 g/mol. The Morgan fingerprint density at radius 2 is 2.33 bits per heavy atom. The molecule has 1 aromatic heterocycles. The Morgan fingerprint density at radius 1 is 1.50 bits per heavy atom. The largest absolute Gasteiger partial charge is 0.437 e. The van der Waals surface area contributed by atoms with Crippen LogP contribution in [0.1, 0.15) is 5.56 Å². The molecule has 4 nitrogen and oxygen atoms in total. The Bertz CT molecular complexity index is 280. The minimum atomic E-state index is 0.348. The molecular formula is C8H8N2O2. The molecule has 1 heterocycles. The number of carbonyl (C=O) groups is 1. The molecule has 0 amide bonds. The molecule has 1 rings (SSSR count). The van der Waals surface area contributed by atoms with E-state index in [1.165, 1.54) is 6.26 Å². The van der Waals surface area contributed by atoms with Crippen molar-refractivity contribution in [3.05, 3.63) is 30.2 Å². The summed E-state index contributed by atoms with van der Waals surface area (Å²) < 4.78 is 4.35. The normalized spacial score (nSPS) is 10.0. The summed E-state index contributed by atoms with van der Waals surface area (Å²) in [6.07, 6.45) is 4.47. The highest BCUT2D eigenvalue weighted by Gasteiger charge is 1.86. The maximum Gasteiger partial charge on any atom is 0.297 e. The fourth-order valence-corrected chi connectivity index (χ4v) is 0.665. The molecule has 0 bridgehead atoms. The first kappa shape index (κ1) is 8.26. The molecule has 0 spiro atoms. The summed E-state index contributed by atoms with van der Waals surface area (Å²) >= 11 is 0. The summed E-state index contributed by atoms with van der Waals surface area (Å²) in [6.45, 7) is 0.348. The molecule has 0 atom stereocenters. The molecule has 62 valence electrons. The van der Waals surface area contributed by atoms with Gasteiger partial charge in [-0.15, -0.1) is 0 Å². The van der Waals surface area contributed by atoms with Gasteiger partial charge in [-0.25, -0.2) is 4.98 Å². The fraction of sp³-hybridized carbons (Fsp3) is 0. The van der Waals surface area contributed by atoms with Crippen LogP contribution in [0.25, 0.3) is 6.08 Å². The molecule has 0 fully saturated rings. The third-order valence-electron chi connectivity index (χ3n) is 1.20. The number of hydrogen-bond donors (Lipinski definition) is 1. The van der Waals surface area contributed by atoms with Crippen LogP contribution in [-0.2, 0) is 9.53 Å². The van der Waals surface area contributed by atoms with Gasteiger partial charge in [0.1, 0.15) is 5.82 Å². The Morgan fingerprint density at radius 3 is 2.92 bits per heavy atom. The first-order chi connectivity index (χ1) is 5.83. The van der Waals surface area contributed by atoms with Crippen molar-refractivity contribution in [3.8, 4) is 0 Å². The number of aromatic nitrogens is 1. The Kier molecular flexibility index (Phi) is 2.84. The van der Waals surface area contributed by atoms with E-state index in [-0.39, 0.29) is 0 Å². The van der Waals surface area contributed by atoms with Gasteiger partial charge in [0.25, 0.3) is 6.47 Å². The molecule has 0 saturated heterocycles. The van der Waals surface area contributed by atoms with Crippen molar-refractivity contribution >= 4 is 18.4 Å². The van der Waals surface area contributed by atoms with E-state index >= 15 is 0 Å². The lowest BCUT2D eigenvalue weighted by atomic mass is 10.3. The van der Waals surface area contributed by atoms with E-state index in [4.69, 9.17) is 5.73 Å². The maximum absolute atomic E-state index is 9.74. The highest BCUT2D eigenvalue weighted by atomic mass is 16.5. The van der Waals surface area contributed by atoms with Gasteiger partial charge in [0.05, 0.1) is 6.26 Å². The zero-order valence-electron chi connectivity index (χ0n) is 6.31. The SMILES string of the molecule is Nc1ccc(/C=C/OC=O)cn1. The summed E-state index contributed by atoms with van der Waals surface area (Å²) in [5.74, 6) is 0.462. The van der Waals surface area contributed by atoms with Crippen LogP contribution in [0, 0.1) is 0 Å². The van der Waals surface area contributed by atoms with Crippen LogP contribution in [0.15, 0.2) is 24.6 Å². The quantitative estimate of drug-likeness (QED) is 0.530. The van der Waals surface area contributed by atoms with E-state index in [2.05, 4.69) is 9.72 Å². The van der Waals surface area contributed by atoms with Crippen LogP contribution in [0.3, 0.4) is 0 Å². The van der Waals surface area contributed by atoms with Crippen molar-refractivity contribution in [1.82, 2.24) is 4.98 Å². The lowest BCUT2D eigenvalue weighted by Gasteiger charge is -1.92. The number of anilines is 1. The third-order valence-corrected chi connectivity index (χ3v) is 1.20. The summed E-state index contributed by atoms with van der Waals surface area (Å²) in [4.78, 5) is 13.6. The Balaban J connectivity index is 2.64. The second kappa shape index (κ2) is 4.12. The molecule has 0 aliphatic heterocycles. The fourth-order valence-electron chi connectivity index (χ4n) is 0.665. The van der Waals surface area contributed by atoms with E-state index in [0.29, 0.717) is 12.3 Å². The minimum Gasteiger partial charge on any atom is -0.437 e. The van der Waals surface area contributed by atoms with Crippen LogP contribution < -0.4 is 5.73 Å². The van der Waals surface area contributed by atoms with Gasteiger partial charge < -0.3 is 10.5 Å². The molecule has 4 heteroatoms. The van der Waals surface area contributed by atoms with E-state index < -0.39 is 0 Å². The standard InChI is InChI=1S/C8H8N2O2/c9-8-2-1-7(5-10-8)3-4-12-6-11/h1-6H,(H2,9,10)/b4-3+. The van der Waals surface area contributed by atoms with Crippen molar-refractivity contribution in [2.45, 2.75) is 0 Å². The maximum atomic E-state index is 9.74. The highest BCUT2D eigenvalue weighted by Crippen LogP contribution is 2.02. The number of nitrogen functional groups attached to an aromatic ring is 1. The van der Waals surface area contributed by atoms with Gasteiger partial charge in [-0.1, -0.05) is 0 Å². The van der Waals surface area contributed by atoms with E-state index in [0.717, 1.165) is 5.56 Å². The molecule has 0 aromatic carbocycles. The van der Waals surface area contributed by atoms with E-state index in [1.54, 1.807) is 24.4 Å². The summed E-state index contributed by atoms with van der Waals surface area (Å²) in [5.41, 5.74) is 6.18. The van der Waals surface area contributed by atoms with Gasteiger partial charge in [-0.05, 0) is 23.8 Å². The number of nitrogens with zero attached hydrogens (tertiary/aromatic N) is 1. The van der Waals surface area contributed by atoms with Crippen LogP contribution >= 0.6 is 0 Å². The number of rotatable bonds is 3. The molecule has 12 heavy (non-hydrogen) atoms. The smallest absolute Gasteiger partial charge is 0.297 e. The minimum absolute atomic E-state index is 0.348. The van der Waals surface area contributed by atoms with Gasteiger partial charge in [0, 0.05) is 6.20 Å². The number of nitrogens with two attached hydrogens (primary N) is 1. The van der Waals surface area contributed by atoms with Crippen molar-refractivity contribution in [1.29, 1.82) is 0 Å². The number of carbonyl (C=O) groups excluding carboxylic acids is 1. The Labute approximate surface area is 69.7 Å². The van der Waals surface area contributed by atoms with Crippen LogP contribution in [0.2, 0.25) is 0 Å². The van der Waals surface area contributed by atoms with Gasteiger partial charge in [0.2, 0.25) is 0 Å². The lowest BCUT2D eigenvalue weighted by Crippen LogP contribution is -1.88. The first-order valence-electron chi connectivity index (χ1n) is 3.30. The average Bonchev–Trinajstić information content (AvgIpc) is 2.09. The van der Waals surface area contributed by atoms with Gasteiger partial charge in [-0.2, -0.15) is 0 Å². The summed E-state index contributed by atoms with van der Waals surface area (Å²) in [5, 5.41) is 0. The third kappa shape index (κ3) is 2.42. The second-order valence-electron chi connectivity index (χ2n) is 2.05. The zero-order valence-corrected chi connectivity index (χ0v) is 6.31. The van der Waals surface area contributed by atoms with Crippen molar-refractivity contribution in [2.24, 2.45) is 0 Å². The van der Waals surface area contributed by atoms with E-state index in [9.17, 15) is 4.79 Å². The molecule has 0 radical (unpaired) electrons. The lowest BCUT2D eigenvalue weighted by molar-refractivity contribution is -0.123. The van der Waals surface area contributed by atoms with Gasteiger partial charge in [-0.3, -0.25) is 4.79 Å². The second-order valence-corrected chi connectivity index (χ2v) is 2.05.